The number of alkyl carbamates (subject to hydrolysis) is 1. The Labute approximate surface area is 217 Å². The minimum absolute atomic E-state index is 0.310. The minimum Gasteiger partial charge on any atom is -0.448 e. The van der Waals surface area contributed by atoms with Gasteiger partial charge < -0.3 is 25.7 Å². The Morgan fingerprint density at radius 2 is 1.84 bits per heavy atom. The number of aromatic nitrogens is 3. The molecule has 2 aromatic carbocycles. The largest absolute Gasteiger partial charge is 0.448 e. The Morgan fingerprint density at radius 3 is 2.57 bits per heavy atom. The molecule has 0 aliphatic heterocycles. The monoisotopic (exact) mass is 500 g/mol. The lowest BCUT2D eigenvalue weighted by Crippen LogP contribution is -2.28. The number of hydrogen-bond acceptors (Lipinski definition) is 6. The lowest BCUT2D eigenvalue weighted by molar-refractivity contribution is 0.146. The van der Waals surface area contributed by atoms with Crippen molar-refractivity contribution in [2.45, 2.75) is 40.3 Å². The van der Waals surface area contributed by atoms with E-state index in [4.69, 9.17) is 15.5 Å². The molecule has 0 unspecified atom stereocenters. The number of carbonyl (C=O) groups is 1. The summed E-state index contributed by atoms with van der Waals surface area (Å²) in [5.74, 6) is 1.91. The van der Waals surface area contributed by atoms with Crippen molar-refractivity contribution in [2.24, 2.45) is 5.92 Å². The van der Waals surface area contributed by atoms with Crippen molar-refractivity contribution in [3.05, 3.63) is 77.6 Å². The molecule has 0 atom stereocenters. The molecule has 0 aliphatic carbocycles. The van der Waals surface area contributed by atoms with Crippen LogP contribution in [0.2, 0.25) is 0 Å². The van der Waals surface area contributed by atoms with Gasteiger partial charge in [0, 0.05) is 38.0 Å². The highest BCUT2D eigenvalue weighted by molar-refractivity contribution is 6.06. The van der Waals surface area contributed by atoms with Gasteiger partial charge in [0.25, 0.3) is 0 Å². The standard InChI is InChI=1S/C29H36N6O2/c1-19(2)15-25-34-26-27(23-7-5-6-8-24(23)33-28(26)30)35(25)18-22-11-9-21(10-12-22)17-32-29(36)37-14-13-31-16-20(3)4/h5-12,19,31H,3,13-18H2,1-2,4H3,(H2,30,33)(H,32,36). The van der Waals surface area contributed by atoms with Crippen molar-refractivity contribution in [3.8, 4) is 0 Å². The Hall–Kier alpha value is -3.91. The molecule has 0 radical (unpaired) electrons. The maximum absolute atomic E-state index is 12.0. The van der Waals surface area contributed by atoms with Crippen LogP contribution in [-0.2, 0) is 24.2 Å². The number of fused-ring (bicyclic) bond motifs is 3. The van der Waals surface area contributed by atoms with Crippen molar-refractivity contribution in [2.75, 3.05) is 25.4 Å². The number of hydrogen-bond donors (Lipinski definition) is 3. The fraction of sp³-hybridized carbons (Fsp3) is 0.345. The number of nitrogens with zero attached hydrogens (tertiary/aromatic N) is 3. The van der Waals surface area contributed by atoms with Crippen molar-refractivity contribution in [3.63, 3.8) is 0 Å². The first kappa shape index (κ1) is 26.2. The van der Waals surface area contributed by atoms with Crippen LogP contribution < -0.4 is 16.4 Å². The molecule has 4 N–H and O–H groups in total. The van der Waals surface area contributed by atoms with Gasteiger partial charge >= 0.3 is 6.09 Å². The van der Waals surface area contributed by atoms with Crippen LogP contribution >= 0.6 is 0 Å². The van der Waals surface area contributed by atoms with Crippen LogP contribution in [0.1, 0.15) is 37.7 Å². The van der Waals surface area contributed by atoms with Gasteiger partial charge in [-0.1, -0.05) is 68.5 Å². The molecule has 0 spiro atoms. The van der Waals surface area contributed by atoms with Crippen molar-refractivity contribution >= 4 is 33.8 Å². The Bertz CT molecular complexity index is 1390. The Kier molecular flexibility index (Phi) is 8.40. The first-order chi connectivity index (χ1) is 17.8. The normalized spacial score (nSPS) is 11.4. The number of pyridine rings is 1. The topological polar surface area (TPSA) is 107 Å². The van der Waals surface area contributed by atoms with E-state index in [1.54, 1.807) is 0 Å². The van der Waals surface area contributed by atoms with E-state index >= 15 is 0 Å². The van der Waals surface area contributed by atoms with E-state index in [1.807, 2.05) is 37.3 Å². The van der Waals surface area contributed by atoms with E-state index in [9.17, 15) is 4.79 Å². The first-order valence-electron chi connectivity index (χ1n) is 12.7. The van der Waals surface area contributed by atoms with E-state index in [1.165, 1.54) is 0 Å². The van der Waals surface area contributed by atoms with E-state index < -0.39 is 6.09 Å². The quantitative estimate of drug-likeness (QED) is 0.202. The highest BCUT2D eigenvalue weighted by Crippen LogP contribution is 2.30. The summed E-state index contributed by atoms with van der Waals surface area (Å²) < 4.78 is 7.47. The number of nitrogens with one attached hydrogen (secondary N) is 2. The number of rotatable bonds is 11. The number of para-hydroxylation sites is 1. The average Bonchev–Trinajstić information content (AvgIpc) is 3.21. The number of ether oxygens (including phenoxy) is 1. The van der Waals surface area contributed by atoms with Crippen LogP contribution in [-0.4, -0.2) is 40.3 Å². The third-order valence-corrected chi connectivity index (χ3v) is 6.02. The summed E-state index contributed by atoms with van der Waals surface area (Å²) in [6.07, 6.45) is 0.414. The molecule has 0 aliphatic rings. The van der Waals surface area contributed by atoms with Gasteiger partial charge in [0.05, 0.1) is 11.0 Å². The first-order valence-corrected chi connectivity index (χ1v) is 12.7. The second-order valence-corrected chi connectivity index (χ2v) is 9.86. The van der Waals surface area contributed by atoms with Crippen molar-refractivity contribution in [1.82, 2.24) is 25.2 Å². The third kappa shape index (κ3) is 6.65. The molecule has 0 fully saturated rings. The van der Waals surface area contributed by atoms with Gasteiger partial charge in [-0.15, -0.1) is 0 Å². The Morgan fingerprint density at radius 1 is 1.11 bits per heavy atom. The van der Waals surface area contributed by atoms with Crippen molar-refractivity contribution in [1.29, 1.82) is 0 Å². The van der Waals surface area contributed by atoms with Crippen molar-refractivity contribution < 1.29 is 9.53 Å². The molecule has 8 nitrogen and oxygen atoms in total. The number of imidazole rings is 1. The molecule has 0 saturated carbocycles. The molecule has 0 bridgehead atoms. The summed E-state index contributed by atoms with van der Waals surface area (Å²) in [6.45, 7) is 12.8. The molecule has 1 amide bonds. The molecule has 194 valence electrons. The second kappa shape index (κ2) is 11.9. The highest BCUT2D eigenvalue weighted by atomic mass is 16.5. The van der Waals surface area contributed by atoms with Crippen LogP contribution in [0.15, 0.2) is 60.7 Å². The number of anilines is 1. The van der Waals surface area contributed by atoms with E-state index in [2.05, 4.69) is 58.8 Å². The maximum atomic E-state index is 12.0. The fourth-order valence-corrected chi connectivity index (χ4v) is 4.28. The Balaban J connectivity index is 1.46. The van der Waals surface area contributed by atoms with Gasteiger partial charge in [0.2, 0.25) is 0 Å². The molecular weight excluding hydrogens is 464 g/mol. The number of benzene rings is 2. The molecule has 4 aromatic rings. The summed E-state index contributed by atoms with van der Waals surface area (Å²) in [5, 5.41) is 7.00. The summed E-state index contributed by atoms with van der Waals surface area (Å²) in [5.41, 5.74) is 12.1. The number of nitrogen functional groups attached to an aromatic ring is 1. The number of amides is 1. The van der Waals surface area contributed by atoms with Gasteiger partial charge in [0.1, 0.15) is 17.9 Å². The van der Waals surface area contributed by atoms with Gasteiger partial charge in [-0.25, -0.2) is 14.8 Å². The van der Waals surface area contributed by atoms with Gasteiger partial charge in [0.15, 0.2) is 5.82 Å². The zero-order valence-electron chi connectivity index (χ0n) is 21.9. The zero-order valence-corrected chi connectivity index (χ0v) is 21.9. The number of nitrogens with two attached hydrogens (primary N) is 1. The SMILES string of the molecule is C=C(C)CNCCOC(=O)NCc1ccc(Cn2c(CC(C)C)nc3c(N)nc4ccccc4c32)cc1. The van der Waals surface area contributed by atoms with Crippen LogP contribution in [0.25, 0.3) is 21.9 Å². The van der Waals surface area contributed by atoms with Gasteiger partial charge in [-0.2, -0.15) is 0 Å². The minimum atomic E-state index is -0.428. The fourth-order valence-electron chi connectivity index (χ4n) is 4.28. The van der Waals surface area contributed by atoms with E-state index in [0.29, 0.717) is 44.5 Å². The van der Waals surface area contributed by atoms with E-state index in [-0.39, 0.29) is 0 Å². The summed E-state index contributed by atoms with van der Waals surface area (Å²) in [6, 6.07) is 16.3. The van der Waals surface area contributed by atoms with Gasteiger partial charge in [-0.3, -0.25) is 0 Å². The number of carbonyl (C=O) groups excluding carboxylic acids is 1. The average molecular weight is 501 g/mol. The summed E-state index contributed by atoms with van der Waals surface area (Å²) >= 11 is 0. The maximum Gasteiger partial charge on any atom is 0.407 e. The highest BCUT2D eigenvalue weighted by Gasteiger charge is 2.18. The molecule has 2 aromatic heterocycles. The second-order valence-electron chi connectivity index (χ2n) is 9.86. The van der Waals surface area contributed by atoms with Crippen LogP contribution in [0.3, 0.4) is 0 Å². The molecule has 2 heterocycles. The van der Waals surface area contributed by atoms with Crippen LogP contribution in [0.4, 0.5) is 10.6 Å². The summed E-state index contributed by atoms with van der Waals surface area (Å²) in [4.78, 5) is 21.5. The van der Waals surface area contributed by atoms with Crippen LogP contribution in [0.5, 0.6) is 0 Å². The molecule has 37 heavy (non-hydrogen) atoms. The molecule has 8 heteroatoms. The van der Waals surface area contributed by atoms with E-state index in [0.717, 1.165) is 50.9 Å². The zero-order chi connectivity index (χ0) is 26.4. The predicted molar refractivity (Wildman–Crippen MR) is 149 cm³/mol. The molecule has 0 saturated heterocycles. The smallest absolute Gasteiger partial charge is 0.407 e. The lowest BCUT2D eigenvalue weighted by Gasteiger charge is -2.13. The molecule has 4 rings (SSSR count). The molecular formula is C29H36N6O2. The van der Waals surface area contributed by atoms with Gasteiger partial charge in [-0.05, 0) is 30.0 Å². The van der Waals surface area contributed by atoms with Crippen LogP contribution in [0, 0.1) is 5.92 Å². The lowest BCUT2D eigenvalue weighted by atomic mass is 10.1. The third-order valence-electron chi connectivity index (χ3n) is 6.02. The predicted octanol–water partition coefficient (Wildman–Crippen LogP) is 4.81. The summed E-state index contributed by atoms with van der Waals surface area (Å²) in [7, 11) is 0.